The van der Waals surface area contributed by atoms with Gasteiger partial charge in [-0.15, -0.1) is 0 Å². The van der Waals surface area contributed by atoms with Crippen LogP contribution in [-0.2, 0) is 15.1 Å². The van der Waals surface area contributed by atoms with Gasteiger partial charge < -0.3 is 29.0 Å². The van der Waals surface area contributed by atoms with Crippen LogP contribution in [-0.4, -0.2) is 56.2 Å². The van der Waals surface area contributed by atoms with E-state index in [0.29, 0.717) is 54.2 Å². The first kappa shape index (κ1) is 36.5. The molecule has 10 nitrogen and oxygen atoms in total. The maximum Gasteiger partial charge on any atom is 0.387 e. The van der Waals surface area contributed by atoms with Gasteiger partial charge in [0.15, 0.2) is 23.0 Å². The van der Waals surface area contributed by atoms with Gasteiger partial charge in [0.05, 0.1) is 24.3 Å². The van der Waals surface area contributed by atoms with Crippen molar-refractivity contribution in [2.24, 2.45) is 5.92 Å². The van der Waals surface area contributed by atoms with Crippen molar-refractivity contribution >= 4 is 35.1 Å². The van der Waals surface area contributed by atoms with Crippen LogP contribution in [0.2, 0.25) is 0 Å². The molecule has 1 saturated heterocycles. The number of rotatable bonds is 16. The summed E-state index contributed by atoms with van der Waals surface area (Å²) in [6.45, 7) is -0.290. The lowest BCUT2D eigenvalue weighted by Gasteiger charge is -2.36. The first-order valence-corrected chi connectivity index (χ1v) is 17.0. The number of unbranched alkanes of at least 4 members (excludes halogenated alkanes) is 1. The fourth-order valence-electron chi connectivity index (χ4n) is 5.80. The molecule has 3 aliphatic rings. The number of alkyl halides is 2. The molecule has 49 heavy (non-hydrogen) atoms. The number of methoxy groups -OCH3 is 1. The Morgan fingerprint density at radius 2 is 1.84 bits per heavy atom. The van der Waals surface area contributed by atoms with Crippen LogP contribution in [0.5, 0.6) is 23.0 Å². The van der Waals surface area contributed by atoms with Gasteiger partial charge in [-0.25, -0.2) is 9.59 Å². The second kappa shape index (κ2) is 16.3. The van der Waals surface area contributed by atoms with Crippen LogP contribution in [0.25, 0.3) is 0 Å². The summed E-state index contributed by atoms with van der Waals surface area (Å²) in [5.74, 6) is -0.791. The molecule has 14 heteroatoms. The fourth-order valence-corrected chi connectivity index (χ4v) is 6.42. The summed E-state index contributed by atoms with van der Waals surface area (Å²) < 4.78 is 55.6. The number of hydrogen-bond acceptors (Lipinski definition) is 9. The highest BCUT2D eigenvalue weighted by Gasteiger charge is 2.41. The largest absolute Gasteiger partial charge is 0.493 e. The summed E-state index contributed by atoms with van der Waals surface area (Å²) in [5.41, 5.74) is -0.614. The number of esters is 2. The number of ether oxygens (including phenoxy) is 5. The van der Waals surface area contributed by atoms with Crippen LogP contribution in [0.3, 0.4) is 0 Å². The zero-order chi connectivity index (χ0) is 35.1. The van der Waals surface area contributed by atoms with Gasteiger partial charge in [0.1, 0.15) is 16.7 Å². The molecule has 0 spiro atoms. The third-order valence-electron chi connectivity index (χ3n) is 8.66. The Labute approximate surface area is 293 Å². The van der Waals surface area contributed by atoms with Crippen molar-refractivity contribution in [2.75, 3.05) is 26.8 Å². The summed E-state index contributed by atoms with van der Waals surface area (Å²) in [4.78, 5) is 39.1. The van der Waals surface area contributed by atoms with Gasteiger partial charge in [0.25, 0.3) is 0 Å². The van der Waals surface area contributed by atoms with Gasteiger partial charge in [0, 0.05) is 21.7 Å². The second-order valence-electron chi connectivity index (χ2n) is 12.3. The SMILES string of the molecule is CCCCC(CC1=C(Cl)C[N+](=O)C=C1Cl)(OC(=O)c1ccc(OC)c(OC(=O)C2CCCN2)c1)c1ccc(OC(F)F)c(OCC2CC2)c1. The Bertz CT molecular complexity index is 1620. The third-order valence-corrected chi connectivity index (χ3v) is 9.34. The number of carbonyl (C=O) groups excluding carboxylic acids is 2. The molecule has 5 rings (SSSR count). The van der Waals surface area contributed by atoms with E-state index in [2.05, 4.69) is 5.32 Å². The third kappa shape index (κ3) is 9.29. The molecule has 1 aliphatic carbocycles. The van der Waals surface area contributed by atoms with Crippen molar-refractivity contribution in [3.8, 4) is 23.0 Å². The molecule has 0 aromatic heterocycles. The highest BCUT2D eigenvalue weighted by Crippen LogP contribution is 2.46. The topological polar surface area (TPSA) is 112 Å². The van der Waals surface area contributed by atoms with E-state index in [4.69, 9.17) is 46.9 Å². The number of nitrogens with one attached hydrogen (secondary N) is 1. The van der Waals surface area contributed by atoms with E-state index in [9.17, 15) is 23.3 Å². The number of nitrogens with zero attached hydrogens (tertiary/aromatic N) is 1. The Kier molecular flexibility index (Phi) is 12.2. The Hall–Kier alpha value is -3.74. The number of nitroso groups, excluding NO2 is 1. The Balaban J connectivity index is 1.56. The molecule has 0 radical (unpaired) electrons. The van der Waals surface area contributed by atoms with Gasteiger partial charge >= 0.3 is 18.6 Å². The smallest absolute Gasteiger partial charge is 0.387 e. The summed E-state index contributed by atoms with van der Waals surface area (Å²) in [6, 6.07) is 8.30. The van der Waals surface area contributed by atoms with Gasteiger partial charge in [-0.2, -0.15) is 8.78 Å². The molecule has 2 heterocycles. The molecule has 2 aromatic carbocycles. The fraction of sp³-hybridized carbons (Fsp3) is 0.486. The predicted molar refractivity (Wildman–Crippen MR) is 177 cm³/mol. The summed E-state index contributed by atoms with van der Waals surface area (Å²) in [5, 5.41) is 3.33. The molecular formula is C35H39Cl2F2N2O8+. The molecule has 2 aromatic rings. The zero-order valence-corrected chi connectivity index (χ0v) is 28.8. The minimum absolute atomic E-state index is 0.0404. The molecule has 264 valence electrons. The van der Waals surface area contributed by atoms with E-state index in [0.717, 1.165) is 19.3 Å². The Morgan fingerprint density at radius 1 is 1.06 bits per heavy atom. The zero-order valence-electron chi connectivity index (χ0n) is 27.3. The van der Waals surface area contributed by atoms with Crippen LogP contribution in [0.4, 0.5) is 8.78 Å². The number of hydrogen-bond donors (Lipinski definition) is 1. The average Bonchev–Trinajstić information content (AvgIpc) is 3.73. The van der Waals surface area contributed by atoms with E-state index in [1.807, 2.05) is 6.92 Å². The standard InChI is InChI=1S/C35H39Cl2F2N2O8/c1-3-4-13-35(17-24-25(36)18-41(44)19-26(24)37,23-10-12-29(48-34(38)39)30(16-23)46-20-21-7-8-21)49-32(42)22-9-11-28(45-2)31(15-22)47-33(43)27-6-5-14-40-27/h9-12,15-16,18,21,27,34,40H,3-8,13-14,17,19-20H2,1-2H3/q+1. The number of allylic oxidation sites excluding steroid dienone is 1. The van der Waals surface area contributed by atoms with E-state index in [1.165, 1.54) is 49.7 Å². The van der Waals surface area contributed by atoms with Crippen molar-refractivity contribution in [3.63, 3.8) is 0 Å². The van der Waals surface area contributed by atoms with Crippen molar-refractivity contribution in [1.29, 1.82) is 0 Å². The highest BCUT2D eigenvalue weighted by molar-refractivity contribution is 6.35. The summed E-state index contributed by atoms with van der Waals surface area (Å²) in [7, 11) is 1.42. The monoisotopic (exact) mass is 723 g/mol. The minimum atomic E-state index is -3.09. The molecular weight excluding hydrogens is 685 g/mol. The molecule has 0 amide bonds. The van der Waals surface area contributed by atoms with Crippen molar-refractivity contribution < 1.29 is 46.8 Å². The quantitative estimate of drug-likeness (QED) is 0.106. The van der Waals surface area contributed by atoms with Crippen LogP contribution >= 0.6 is 23.2 Å². The number of carbonyl (C=O) groups is 2. The first-order chi connectivity index (χ1) is 23.5. The van der Waals surface area contributed by atoms with Gasteiger partial charge in [-0.3, -0.25) is 0 Å². The average molecular weight is 725 g/mol. The maximum absolute atomic E-state index is 14.1. The minimum Gasteiger partial charge on any atom is -0.493 e. The second-order valence-corrected chi connectivity index (χ2v) is 13.2. The van der Waals surface area contributed by atoms with E-state index in [1.54, 1.807) is 0 Å². The predicted octanol–water partition coefficient (Wildman–Crippen LogP) is 7.74. The maximum atomic E-state index is 14.1. The van der Waals surface area contributed by atoms with Crippen LogP contribution in [0, 0.1) is 10.8 Å². The molecule has 2 unspecified atom stereocenters. The van der Waals surface area contributed by atoms with Crippen LogP contribution < -0.4 is 24.3 Å². The molecule has 2 aliphatic heterocycles. The highest BCUT2D eigenvalue weighted by atomic mass is 35.5. The molecule has 0 bridgehead atoms. The Morgan fingerprint density at radius 3 is 2.49 bits per heavy atom. The summed E-state index contributed by atoms with van der Waals surface area (Å²) >= 11 is 13.1. The van der Waals surface area contributed by atoms with Crippen LogP contribution in [0.1, 0.15) is 74.2 Å². The van der Waals surface area contributed by atoms with Crippen molar-refractivity contribution in [1.82, 2.24) is 5.32 Å². The van der Waals surface area contributed by atoms with Gasteiger partial charge in [-0.05, 0) is 86.9 Å². The molecule has 1 saturated carbocycles. The van der Waals surface area contributed by atoms with Gasteiger partial charge in [-0.1, -0.05) is 42.6 Å². The number of halogens is 4. The van der Waals surface area contributed by atoms with E-state index < -0.39 is 30.2 Å². The summed E-state index contributed by atoms with van der Waals surface area (Å²) in [6.07, 6.45) is 6.07. The van der Waals surface area contributed by atoms with Crippen LogP contribution in [0.15, 0.2) is 58.2 Å². The molecule has 2 atom stereocenters. The van der Waals surface area contributed by atoms with E-state index >= 15 is 0 Å². The lowest BCUT2D eigenvalue weighted by molar-refractivity contribution is -0.470. The number of benzene rings is 2. The lowest BCUT2D eigenvalue weighted by atomic mass is 9.81. The molecule has 1 N–H and O–H groups in total. The molecule has 2 fully saturated rings. The normalized spacial score (nSPS) is 19.0. The van der Waals surface area contributed by atoms with E-state index in [-0.39, 0.29) is 58.0 Å². The van der Waals surface area contributed by atoms with Crippen molar-refractivity contribution in [3.05, 3.63) is 74.3 Å². The first-order valence-electron chi connectivity index (χ1n) is 16.3. The van der Waals surface area contributed by atoms with Gasteiger partial charge in [0.2, 0.25) is 12.7 Å². The van der Waals surface area contributed by atoms with Crippen molar-refractivity contribution in [2.45, 2.75) is 76.5 Å². The lowest BCUT2D eigenvalue weighted by Crippen LogP contribution is -2.35.